The van der Waals surface area contributed by atoms with Crippen LogP contribution in [0.5, 0.6) is 0 Å². The van der Waals surface area contributed by atoms with Crippen LogP contribution in [-0.4, -0.2) is 92.5 Å². The van der Waals surface area contributed by atoms with Crippen molar-refractivity contribution in [3.8, 4) is 0 Å². The molecule has 2 heterocycles. The number of nitrogens with zero attached hydrogens (tertiary/aromatic N) is 2. The molecule has 0 spiro atoms. The average molecular weight is 760 g/mol. The van der Waals surface area contributed by atoms with Crippen molar-refractivity contribution in [2.24, 2.45) is 28.6 Å². The van der Waals surface area contributed by atoms with Crippen LogP contribution < -0.4 is 21.3 Å². The predicted molar refractivity (Wildman–Crippen MR) is 205 cm³/mol. The number of benzene rings is 1. The lowest BCUT2D eigenvalue weighted by molar-refractivity contribution is -0.142. The predicted octanol–water partition coefficient (Wildman–Crippen LogP) is 4.09. The van der Waals surface area contributed by atoms with Crippen LogP contribution in [0, 0.1) is 28.6 Å². The van der Waals surface area contributed by atoms with Crippen LogP contribution >= 0.6 is 0 Å². The number of urea groups is 1. The molecule has 3 aliphatic rings. The summed E-state index contributed by atoms with van der Waals surface area (Å²) in [5.41, 5.74) is -0.493. The molecular weight excluding hydrogens is 697 g/mol. The summed E-state index contributed by atoms with van der Waals surface area (Å²) in [5, 5.41) is 23.4. The first-order valence-electron chi connectivity index (χ1n) is 19.0. The Labute approximate surface area is 316 Å². The lowest BCUT2D eigenvalue weighted by Gasteiger charge is -2.40. The highest BCUT2D eigenvalue weighted by Crippen LogP contribution is 2.37. The van der Waals surface area contributed by atoms with Gasteiger partial charge in [0.1, 0.15) is 12.3 Å². The maximum atomic E-state index is 14.6. The Morgan fingerprint density at radius 2 is 1.68 bits per heavy atom. The van der Waals surface area contributed by atoms with Crippen LogP contribution in [0.3, 0.4) is 0 Å². The van der Waals surface area contributed by atoms with Gasteiger partial charge in [0.15, 0.2) is 0 Å². The van der Waals surface area contributed by atoms with E-state index in [4.69, 9.17) is 0 Å². The summed E-state index contributed by atoms with van der Waals surface area (Å²) in [4.78, 5) is 56.5. The monoisotopic (exact) mass is 759 g/mol. The topological polar surface area (TPSA) is 180 Å². The second-order valence-corrected chi connectivity index (χ2v) is 19.5. The molecule has 1 aromatic rings. The minimum Gasteiger partial charge on any atom is -0.376 e. The molecule has 0 aromatic heterocycles. The molecule has 2 fully saturated rings. The standard InChI is InChI=1S/C39H62N6O7S/c1-10-19-40-35(48)32(46)28(21-25-14-13-15-25)41-34(47)31-27(24(2)3)18-20-45(31)36(49)33(39(7,8)9)43-37(50)42-30(38(4,5)6)23-44-22-26-16-11-12-17-29(26)53(44,51)52/h10-12,16-17,24-25,27-28,30-31,33-34,41,47H,1,13-15,18-23H2,2-9H3,(H3-,40,42,43,48,50,51,52)/p+1/t27-,28?,30-,31+,33-,34?/m1/s1. The van der Waals surface area contributed by atoms with Gasteiger partial charge >= 0.3 is 16.4 Å². The third-order valence-corrected chi connectivity index (χ3v) is 13.1. The highest BCUT2D eigenvalue weighted by molar-refractivity contribution is 7.95. The smallest absolute Gasteiger partial charge is 0.326 e. The molecule has 4 rings (SSSR count). The Morgan fingerprint density at radius 3 is 2.23 bits per heavy atom. The molecule has 3 unspecified atom stereocenters. The summed E-state index contributed by atoms with van der Waals surface area (Å²) < 4.78 is 26.0. The molecule has 7 atom stereocenters. The van der Waals surface area contributed by atoms with Gasteiger partial charge in [0.05, 0.1) is 31.2 Å². The van der Waals surface area contributed by atoms with Crippen molar-refractivity contribution in [3.63, 3.8) is 0 Å². The number of likely N-dealkylation sites (tertiary alicyclic amines) is 1. The first-order valence-corrected chi connectivity index (χ1v) is 20.5. The van der Waals surface area contributed by atoms with Crippen LogP contribution in [0.15, 0.2) is 41.8 Å². The maximum Gasteiger partial charge on any atom is 0.326 e. The zero-order chi connectivity index (χ0) is 39.5. The van der Waals surface area contributed by atoms with E-state index in [1.54, 1.807) is 17.0 Å². The summed E-state index contributed by atoms with van der Waals surface area (Å²) in [6.45, 7) is 19.9. The summed E-state index contributed by atoms with van der Waals surface area (Å²) in [6.07, 6.45) is 4.14. The van der Waals surface area contributed by atoms with Crippen molar-refractivity contribution in [1.82, 2.24) is 30.5 Å². The summed E-state index contributed by atoms with van der Waals surface area (Å²) in [6, 6.07) is 3.23. The Bertz CT molecular complexity index is 1550. The molecule has 2 aliphatic heterocycles. The van der Waals surface area contributed by atoms with E-state index in [0.29, 0.717) is 24.3 Å². The van der Waals surface area contributed by atoms with Crippen molar-refractivity contribution in [1.29, 1.82) is 0 Å². The Balaban J connectivity index is 1.53. The Hall–Kier alpha value is -3.17. The lowest BCUT2D eigenvalue weighted by Crippen LogP contribution is -2.63. The van der Waals surface area contributed by atoms with Gasteiger partial charge in [-0.05, 0) is 51.7 Å². The van der Waals surface area contributed by atoms with Crippen LogP contribution in [0.2, 0.25) is 0 Å². The van der Waals surface area contributed by atoms with Crippen LogP contribution in [0.25, 0.3) is 0 Å². The minimum absolute atomic E-state index is 0.0846. The van der Waals surface area contributed by atoms with Crippen molar-refractivity contribution in [2.75, 3.05) is 19.6 Å². The van der Waals surface area contributed by atoms with Gasteiger partial charge in [0.25, 0.3) is 5.91 Å². The van der Waals surface area contributed by atoms with Crippen molar-refractivity contribution in [2.45, 2.75) is 129 Å². The molecule has 14 heteroatoms. The summed E-state index contributed by atoms with van der Waals surface area (Å²) in [7, 11) is -3.49. The molecule has 1 aromatic carbocycles. The highest BCUT2D eigenvalue weighted by atomic mass is 32.3. The van der Waals surface area contributed by atoms with Gasteiger partial charge < -0.3 is 26.0 Å². The number of rotatable bonds is 15. The van der Waals surface area contributed by atoms with E-state index in [1.807, 2.05) is 67.5 Å². The maximum absolute atomic E-state index is 14.6. The van der Waals surface area contributed by atoms with Crippen LogP contribution in [0.4, 0.5) is 4.79 Å². The van der Waals surface area contributed by atoms with E-state index in [1.165, 1.54) is 10.4 Å². The molecule has 6 N–H and O–H groups in total. The van der Waals surface area contributed by atoms with E-state index in [0.717, 1.165) is 24.8 Å². The van der Waals surface area contributed by atoms with Gasteiger partial charge in [-0.1, -0.05) is 103 Å². The van der Waals surface area contributed by atoms with Gasteiger partial charge in [-0.2, -0.15) is 4.55 Å². The first kappa shape index (κ1) is 42.6. The molecule has 0 bridgehead atoms. The fourth-order valence-electron chi connectivity index (χ4n) is 7.62. The van der Waals surface area contributed by atoms with Gasteiger partial charge in [-0.3, -0.25) is 19.7 Å². The second kappa shape index (κ2) is 17.1. The summed E-state index contributed by atoms with van der Waals surface area (Å²) >= 11 is 0. The number of fused-ring (bicyclic) bond motifs is 1. The molecule has 0 radical (unpaired) electrons. The van der Waals surface area contributed by atoms with Gasteiger partial charge in [0.2, 0.25) is 16.6 Å². The van der Waals surface area contributed by atoms with Crippen LogP contribution in [0.1, 0.15) is 93.1 Å². The number of ketones is 1. The third kappa shape index (κ3) is 10.1. The number of aliphatic hydroxyl groups excluding tert-OH is 1. The van der Waals surface area contributed by atoms with Gasteiger partial charge in [-0.25, -0.2) is 4.79 Å². The zero-order valence-corrected chi connectivity index (χ0v) is 33.6. The number of nitrogens with one attached hydrogen (secondary N) is 4. The van der Waals surface area contributed by atoms with E-state index >= 15 is 0 Å². The zero-order valence-electron chi connectivity index (χ0n) is 32.8. The van der Waals surface area contributed by atoms with Crippen LogP contribution in [-0.2, 0) is 35.5 Å². The molecule has 1 saturated carbocycles. The second-order valence-electron chi connectivity index (χ2n) is 17.5. The van der Waals surface area contributed by atoms with Crippen molar-refractivity contribution >= 4 is 34.0 Å². The summed E-state index contributed by atoms with van der Waals surface area (Å²) in [5.74, 6) is -1.56. The molecule has 53 heavy (non-hydrogen) atoms. The number of amides is 4. The number of hydrogen-bond acceptors (Lipinski definition) is 7. The third-order valence-electron chi connectivity index (χ3n) is 11.2. The van der Waals surface area contributed by atoms with E-state index in [-0.39, 0.29) is 43.3 Å². The molecule has 4 amide bonds. The molecule has 1 aliphatic carbocycles. The molecule has 296 valence electrons. The number of carbonyl (C=O) groups is 4. The Morgan fingerprint density at radius 1 is 1.02 bits per heavy atom. The van der Waals surface area contributed by atoms with Crippen molar-refractivity contribution in [3.05, 3.63) is 42.5 Å². The highest BCUT2D eigenvalue weighted by Gasteiger charge is 2.50. The largest absolute Gasteiger partial charge is 0.376 e. The van der Waals surface area contributed by atoms with Gasteiger partial charge in [0, 0.05) is 18.7 Å². The van der Waals surface area contributed by atoms with E-state index < -0.39 is 69.3 Å². The Kier molecular flexibility index (Phi) is 13.7. The molecular formula is C39H63N6O7S+. The number of Topliss-reactive ketones (excluding diaryl/α,β-unsaturated/α-hetero) is 1. The number of hydrogen-bond donors (Lipinski definition) is 6. The van der Waals surface area contributed by atoms with E-state index in [2.05, 4.69) is 27.8 Å². The fourth-order valence-corrected chi connectivity index (χ4v) is 9.29. The minimum atomic E-state index is -3.49. The first-order chi connectivity index (χ1) is 24.7. The average Bonchev–Trinajstić information content (AvgIpc) is 3.61. The SMILES string of the molecule is C=CCNC(=O)C(=O)C(CC1CCC1)NC(O)[C@@H]1[C@@H](C(C)C)CCN1C(=O)[C@@H](NC(=O)N[C@H](CN1Cc2ccccc2[S+]1(=O)O)C(C)(C)C)C(C)(C)C. The molecule has 1 saturated heterocycles. The normalized spacial score (nSPS) is 24.5. The van der Waals surface area contributed by atoms with Crippen molar-refractivity contribution < 1.29 is 33.0 Å². The van der Waals surface area contributed by atoms with E-state index in [9.17, 15) is 33.0 Å². The number of aliphatic hydroxyl groups is 1. The molecule has 13 nitrogen and oxygen atoms in total. The quantitative estimate of drug-likeness (QED) is 0.0670. The van der Waals surface area contributed by atoms with Gasteiger partial charge in [-0.15, -0.1) is 6.58 Å². The lowest BCUT2D eigenvalue weighted by atomic mass is 9.79. The number of carbonyl (C=O) groups excluding carboxylic acids is 4. The fraction of sp³-hybridized carbons (Fsp3) is 0.692.